The molecule has 0 saturated carbocycles. The van der Waals surface area contributed by atoms with Gasteiger partial charge < -0.3 is 9.72 Å². The Morgan fingerprint density at radius 1 is 1.21 bits per heavy atom. The van der Waals surface area contributed by atoms with E-state index in [1.54, 1.807) is 19.1 Å². The fourth-order valence-electron chi connectivity index (χ4n) is 3.18. The topological polar surface area (TPSA) is 54.1 Å². The highest BCUT2D eigenvalue weighted by Crippen LogP contribution is 2.40. The van der Waals surface area contributed by atoms with Crippen molar-refractivity contribution in [3.05, 3.63) is 58.2 Å². The van der Waals surface area contributed by atoms with Gasteiger partial charge in [0.1, 0.15) is 10.4 Å². The Hall–Kier alpha value is -1.99. The maximum atomic E-state index is 12.4. The fraction of sp³-hybridized carbons (Fsp3) is 0.190. The van der Waals surface area contributed by atoms with Crippen LogP contribution in [0.3, 0.4) is 0 Å². The lowest BCUT2D eigenvalue weighted by Crippen LogP contribution is -2.20. The first kappa shape index (κ1) is 19.3. The fourth-order valence-corrected chi connectivity index (χ4v) is 4.83. The van der Waals surface area contributed by atoms with Gasteiger partial charge in [-0.05, 0) is 60.1 Å². The van der Waals surface area contributed by atoms with Gasteiger partial charge in [0.2, 0.25) is 0 Å². The van der Waals surface area contributed by atoms with Crippen molar-refractivity contribution >= 4 is 55.9 Å². The number of alkyl halides is 1. The highest BCUT2D eigenvalue weighted by Gasteiger charge is 2.16. The molecule has 4 nitrogen and oxygen atoms in total. The van der Waals surface area contributed by atoms with Crippen LogP contribution in [-0.4, -0.2) is 24.0 Å². The van der Waals surface area contributed by atoms with Crippen molar-refractivity contribution in [1.82, 2.24) is 9.71 Å². The van der Waals surface area contributed by atoms with Crippen molar-refractivity contribution in [2.45, 2.75) is 17.9 Å². The number of hydrogen-bond acceptors (Lipinski definition) is 5. The van der Waals surface area contributed by atoms with E-state index < -0.39 is 0 Å². The van der Waals surface area contributed by atoms with Gasteiger partial charge in [-0.2, -0.15) is 0 Å². The second-order valence-corrected chi connectivity index (χ2v) is 8.62. The number of thiophene rings is 1. The molecule has 4 rings (SSSR count). The minimum absolute atomic E-state index is 0.0557. The molecule has 2 aromatic heterocycles. The molecule has 0 aliphatic heterocycles. The largest absolute Gasteiger partial charge is 0.496 e. The van der Waals surface area contributed by atoms with E-state index in [1.165, 1.54) is 11.3 Å². The number of benzene rings is 2. The molecule has 2 aromatic carbocycles. The maximum Gasteiger partial charge on any atom is 0.266 e. The lowest BCUT2D eigenvalue weighted by Gasteiger charge is -2.14. The number of H-pyrrole nitrogens is 1. The van der Waals surface area contributed by atoms with E-state index in [4.69, 9.17) is 16.3 Å². The number of fused-ring (bicyclic) bond motifs is 3. The molecule has 0 bridgehead atoms. The summed E-state index contributed by atoms with van der Waals surface area (Å²) in [6, 6.07) is 14.3. The summed E-state index contributed by atoms with van der Waals surface area (Å²) in [7, 11) is 1.67. The van der Waals surface area contributed by atoms with Crippen LogP contribution < -0.4 is 15.0 Å². The first-order valence-electron chi connectivity index (χ1n) is 8.81. The first-order chi connectivity index (χ1) is 13.6. The van der Waals surface area contributed by atoms with E-state index in [2.05, 4.69) is 34.0 Å². The molecule has 1 unspecified atom stereocenters. The van der Waals surface area contributed by atoms with E-state index in [1.807, 2.05) is 30.5 Å². The number of methoxy groups -OCH3 is 1. The van der Waals surface area contributed by atoms with Crippen LogP contribution in [0.1, 0.15) is 6.92 Å². The van der Waals surface area contributed by atoms with Gasteiger partial charge >= 0.3 is 0 Å². The number of ether oxygens (including phenoxy) is 1. The third-order valence-electron chi connectivity index (χ3n) is 4.53. The van der Waals surface area contributed by atoms with Gasteiger partial charge in [-0.15, -0.1) is 22.9 Å². The number of pyridine rings is 1. The van der Waals surface area contributed by atoms with Crippen molar-refractivity contribution in [3.8, 4) is 16.9 Å². The quantitative estimate of drug-likeness (QED) is 0.307. The smallest absolute Gasteiger partial charge is 0.266 e. The normalized spacial score (nSPS) is 12.5. The van der Waals surface area contributed by atoms with Crippen LogP contribution in [0.2, 0.25) is 0 Å². The molecule has 2 N–H and O–H groups in total. The predicted molar refractivity (Wildman–Crippen MR) is 121 cm³/mol. The lowest BCUT2D eigenvalue weighted by atomic mass is 9.97. The van der Waals surface area contributed by atoms with Gasteiger partial charge in [0.15, 0.2) is 0 Å². The molecule has 0 aliphatic carbocycles. The zero-order valence-electron chi connectivity index (χ0n) is 15.4. The molecule has 0 fully saturated rings. The molecule has 0 spiro atoms. The van der Waals surface area contributed by atoms with E-state index in [-0.39, 0.29) is 11.6 Å². The molecule has 7 heteroatoms. The monoisotopic (exact) mass is 430 g/mol. The van der Waals surface area contributed by atoms with Crippen LogP contribution in [0, 0.1) is 0 Å². The molecule has 0 saturated heterocycles. The van der Waals surface area contributed by atoms with Crippen molar-refractivity contribution in [2.75, 3.05) is 13.0 Å². The predicted octanol–water partition coefficient (Wildman–Crippen LogP) is 5.64. The van der Waals surface area contributed by atoms with Gasteiger partial charge in [-0.25, -0.2) is 0 Å². The summed E-state index contributed by atoms with van der Waals surface area (Å²) >= 11 is 8.87. The molecule has 28 heavy (non-hydrogen) atoms. The van der Waals surface area contributed by atoms with Crippen LogP contribution in [0.15, 0.2) is 57.5 Å². The van der Waals surface area contributed by atoms with Crippen molar-refractivity contribution in [2.24, 2.45) is 0 Å². The minimum Gasteiger partial charge on any atom is -0.496 e. The van der Waals surface area contributed by atoms with Crippen LogP contribution in [-0.2, 0) is 0 Å². The molecule has 2 heterocycles. The number of halogens is 1. The average Bonchev–Trinajstić information content (AvgIpc) is 3.22. The summed E-state index contributed by atoms with van der Waals surface area (Å²) in [5.41, 5.74) is 2.78. The molecule has 4 aromatic rings. The highest BCUT2D eigenvalue weighted by atomic mass is 35.5. The number of rotatable bonds is 6. The molecule has 0 radical (unpaired) electrons. The number of hydrogen-bond donors (Lipinski definition) is 2. The molecule has 144 valence electrons. The zero-order valence-corrected chi connectivity index (χ0v) is 17.8. The summed E-state index contributed by atoms with van der Waals surface area (Å²) in [6.45, 7) is 2.04. The Labute approximate surface area is 176 Å². The Morgan fingerprint density at radius 3 is 2.71 bits per heavy atom. The Balaban J connectivity index is 1.85. The van der Waals surface area contributed by atoms with Crippen LogP contribution in [0.4, 0.5) is 0 Å². The Kier molecular flexibility index (Phi) is 5.64. The minimum atomic E-state index is -0.0557. The third kappa shape index (κ3) is 3.53. The molecular weight excluding hydrogens is 412 g/mol. The number of nitrogens with one attached hydrogen (secondary N) is 2. The van der Waals surface area contributed by atoms with Crippen LogP contribution in [0.5, 0.6) is 5.75 Å². The van der Waals surface area contributed by atoms with E-state index in [9.17, 15) is 4.79 Å². The van der Waals surface area contributed by atoms with Gasteiger partial charge in [0.25, 0.3) is 5.56 Å². The molecule has 1 atom stereocenters. The second-order valence-electron chi connectivity index (χ2n) is 6.48. The maximum absolute atomic E-state index is 12.4. The summed E-state index contributed by atoms with van der Waals surface area (Å²) in [5, 5.41) is 3.91. The Morgan fingerprint density at radius 2 is 2.00 bits per heavy atom. The number of aromatic amines is 1. The van der Waals surface area contributed by atoms with Crippen molar-refractivity contribution in [3.63, 3.8) is 0 Å². The van der Waals surface area contributed by atoms with Crippen LogP contribution >= 0.6 is 34.9 Å². The molecular formula is C21H19ClN2O2S2. The van der Waals surface area contributed by atoms with E-state index >= 15 is 0 Å². The van der Waals surface area contributed by atoms with Crippen LogP contribution in [0.25, 0.3) is 32.1 Å². The Bertz CT molecular complexity index is 1180. The number of aromatic nitrogens is 1. The van der Waals surface area contributed by atoms with Gasteiger partial charge in [0, 0.05) is 38.7 Å². The highest BCUT2D eigenvalue weighted by molar-refractivity contribution is 7.97. The van der Waals surface area contributed by atoms with Crippen molar-refractivity contribution in [1.29, 1.82) is 0 Å². The van der Waals surface area contributed by atoms with E-state index in [0.29, 0.717) is 5.88 Å². The standard InChI is InChI=1S/C21H19ClN2O2S2/c1-12(11-22)24-28-14-5-3-13(4-6-14)18-17(26-2)8-7-16-19(18)15-9-10-27-20(15)21(25)23-16/h3-10,12,24H,11H2,1-2H3,(H,23,25). The van der Waals surface area contributed by atoms with Gasteiger partial charge in [0.05, 0.1) is 7.11 Å². The SMILES string of the molecule is COc1ccc2[nH]c(=O)c3sccc3c2c1-c1ccc(SNC(C)CCl)cc1. The summed E-state index contributed by atoms with van der Waals surface area (Å²) < 4.78 is 9.71. The third-order valence-corrected chi connectivity index (χ3v) is 6.93. The van der Waals surface area contributed by atoms with Gasteiger partial charge in [-0.1, -0.05) is 12.1 Å². The molecule has 0 amide bonds. The average molecular weight is 431 g/mol. The summed E-state index contributed by atoms with van der Waals surface area (Å²) in [4.78, 5) is 16.5. The zero-order chi connectivity index (χ0) is 19.7. The molecule has 0 aliphatic rings. The van der Waals surface area contributed by atoms with Gasteiger partial charge in [-0.3, -0.25) is 9.52 Å². The first-order valence-corrected chi connectivity index (χ1v) is 11.0. The second kappa shape index (κ2) is 8.17. The van der Waals surface area contributed by atoms with Crippen molar-refractivity contribution < 1.29 is 4.74 Å². The summed E-state index contributed by atoms with van der Waals surface area (Å²) in [6.07, 6.45) is 0. The summed E-state index contributed by atoms with van der Waals surface area (Å²) in [5.74, 6) is 1.34. The van der Waals surface area contributed by atoms with E-state index in [0.717, 1.165) is 42.8 Å². The lowest BCUT2D eigenvalue weighted by molar-refractivity contribution is 0.417.